The summed E-state index contributed by atoms with van der Waals surface area (Å²) in [5, 5.41) is 6.50. The number of carbonyl (C=O) groups is 3. The van der Waals surface area contributed by atoms with Crippen molar-refractivity contribution in [1.82, 2.24) is 24.8 Å². The number of benzene rings is 1. The second-order valence-electron chi connectivity index (χ2n) is 10.5. The highest BCUT2D eigenvalue weighted by Gasteiger charge is 2.47. The van der Waals surface area contributed by atoms with Crippen LogP contribution in [0.25, 0.3) is 16.8 Å². The minimum absolute atomic E-state index is 0.386. The van der Waals surface area contributed by atoms with Crippen molar-refractivity contribution in [2.75, 3.05) is 18.4 Å². The van der Waals surface area contributed by atoms with E-state index in [9.17, 15) is 62.7 Å². The predicted molar refractivity (Wildman–Crippen MR) is 140 cm³/mol. The number of nitrogens with zero attached hydrogens (tertiary/aromatic N) is 4. The molecule has 3 amide bonds. The van der Waals surface area contributed by atoms with E-state index < -0.39 is 118 Å². The summed E-state index contributed by atoms with van der Waals surface area (Å²) >= 11 is 5.91. The first-order valence-electron chi connectivity index (χ1n) is 13.1. The van der Waals surface area contributed by atoms with Crippen molar-refractivity contribution in [3.63, 3.8) is 0 Å². The van der Waals surface area contributed by atoms with Gasteiger partial charge in [-0.2, -0.15) is 44.6 Å². The molecule has 4 atom stereocenters. The smallest absolute Gasteiger partial charge is 0.344 e. The number of alkyl halides is 10. The molecule has 2 N–H and O–H groups in total. The van der Waals surface area contributed by atoms with Crippen LogP contribution in [-0.4, -0.2) is 74.9 Å². The molecule has 0 spiro atoms. The Kier molecular flexibility index (Phi) is 9.41. The van der Waals surface area contributed by atoms with E-state index >= 15 is 0 Å². The summed E-state index contributed by atoms with van der Waals surface area (Å²) in [6.07, 6.45) is -16.7. The molecule has 1 aliphatic rings. The normalized spacial score (nSPS) is 18.7. The Hall–Kier alpha value is -4.23. The number of aromatic nitrogens is 3. The molecule has 1 aliphatic heterocycles. The Morgan fingerprint density at radius 1 is 0.957 bits per heavy atom. The number of halogens is 12. The number of anilines is 1. The van der Waals surface area contributed by atoms with Crippen molar-refractivity contribution in [3.8, 4) is 11.3 Å². The Labute approximate surface area is 261 Å². The largest absolute Gasteiger partial charge is 0.418 e. The van der Waals surface area contributed by atoms with E-state index in [-0.39, 0.29) is 0 Å². The fourth-order valence-corrected chi connectivity index (χ4v) is 4.77. The number of nitrogens with one attached hydrogen (secondary N) is 2. The zero-order chi connectivity index (χ0) is 35.4. The van der Waals surface area contributed by atoms with Gasteiger partial charge in [-0.1, -0.05) is 11.6 Å². The molecule has 1 aromatic carbocycles. The van der Waals surface area contributed by atoms with Crippen molar-refractivity contribution < 1.29 is 62.7 Å². The fourth-order valence-electron chi connectivity index (χ4n) is 4.57. The van der Waals surface area contributed by atoms with Crippen molar-refractivity contribution in [2.45, 2.75) is 44.6 Å². The highest BCUT2D eigenvalue weighted by Crippen LogP contribution is 2.40. The van der Waals surface area contributed by atoms with Gasteiger partial charge in [-0.3, -0.25) is 14.4 Å². The van der Waals surface area contributed by atoms with E-state index in [4.69, 9.17) is 11.6 Å². The number of hydrogen-bond donors (Lipinski definition) is 2. The molecule has 1 saturated heterocycles. The Bertz CT molecular complexity index is 1720. The Morgan fingerprint density at radius 2 is 1.57 bits per heavy atom. The average molecular weight is 709 g/mol. The van der Waals surface area contributed by atoms with Crippen LogP contribution in [0.5, 0.6) is 0 Å². The van der Waals surface area contributed by atoms with Gasteiger partial charge in [-0.05, 0) is 32.0 Å². The number of likely N-dealkylation sites (tertiary alicyclic amines) is 1. The summed E-state index contributed by atoms with van der Waals surface area (Å²) in [5.74, 6) is -12.0. The minimum atomic E-state index is -5.24. The molecule has 3 heterocycles. The monoisotopic (exact) mass is 708 g/mol. The summed E-state index contributed by atoms with van der Waals surface area (Å²) in [4.78, 5) is 41.4. The number of fused-ring (bicyclic) bond motifs is 1. The molecular weight excluding hydrogens is 689 g/mol. The second kappa shape index (κ2) is 12.4. The standard InChI is InChI=1S/C26H20ClF11N6O3/c1-9(24(30,31)32)21(45)42-20-19-13(26(36,37)38)5-17(44(19)40-8-39-20)11-3-12(18(27)14(28)4-11)22(46)41-16-7-43(6-15(16)29)23(47)10(2)25(33,34)35/h3-5,8-10,15-16H,6-7H2,1-2H3,(H,41,46)(H,39,40,42,45). The van der Waals surface area contributed by atoms with Crippen LogP contribution >= 0.6 is 11.6 Å². The number of hydrogen-bond acceptors (Lipinski definition) is 5. The van der Waals surface area contributed by atoms with E-state index in [1.807, 2.05) is 0 Å². The van der Waals surface area contributed by atoms with Gasteiger partial charge in [0.15, 0.2) is 5.82 Å². The Morgan fingerprint density at radius 3 is 2.15 bits per heavy atom. The van der Waals surface area contributed by atoms with E-state index in [1.165, 1.54) is 0 Å². The molecule has 47 heavy (non-hydrogen) atoms. The molecule has 9 nitrogen and oxygen atoms in total. The molecule has 0 saturated carbocycles. The highest BCUT2D eigenvalue weighted by molar-refractivity contribution is 6.34. The van der Waals surface area contributed by atoms with Crippen molar-refractivity contribution in [2.24, 2.45) is 11.8 Å². The molecule has 21 heteroatoms. The Balaban J connectivity index is 1.71. The van der Waals surface area contributed by atoms with Crippen molar-refractivity contribution in [1.29, 1.82) is 0 Å². The summed E-state index contributed by atoms with van der Waals surface area (Å²) in [6.45, 7) is -0.498. The quantitative estimate of drug-likeness (QED) is 0.314. The number of amides is 3. The summed E-state index contributed by atoms with van der Waals surface area (Å²) < 4.78 is 150. The maximum Gasteiger partial charge on any atom is 0.418 e. The van der Waals surface area contributed by atoms with Crippen LogP contribution < -0.4 is 10.6 Å². The average Bonchev–Trinajstić information content (AvgIpc) is 3.53. The molecule has 2 aromatic heterocycles. The molecular formula is C26H20ClF11N6O3. The van der Waals surface area contributed by atoms with Crippen LogP contribution in [0.2, 0.25) is 5.02 Å². The van der Waals surface area contributed by atoms with Gasteiger partial charge in [0, 0.05) is 12.1 Å². The third kappa shape index (κ3) is 7.20. The molecule has 3 aromatic rings. The topological polar surface area (TPSA) is 109 Å². The summed E-state index contributed by atoms with van der Waals surface area (Å²) in [6, 6.07) is 0.154. The van der Waals surface area contributed by atoms with Crippen LogP contribution in [0.1, 0.15) is 29.8 Å². The maximum atomic E-state index is 15.0. The van der Waals surface area contributed by atoms with Crippen LogP contribution in [0.4, 0.5) is 54.1 Å². The van der Waals surface area contributed by atoms with Crippen LogP contribution in [0.3, 0.4) is 0 Å². The first-order chi connectivity index (χ1) is 21.5. The number of carbonyl (C=O) groups excluding carboxylic acids is 3. The second-order valence-corrected chi connectivity index (χ2v) is 10.9. The minimum Gasteiger partial charge on any atom is -0.344 e. The van der Waals surface area contributed by atoms with Crippen LogP contribution in [-0.2, 0) is 15.8 Å². The number of rotatable bonds is 6. The zero-order valence-corrected chi connectivity index (χ0v) is 24.3. The van der Waals surface area contributed by atoms with Gasteiger partial charge in [-0.15, -0.1) is 0 Å². The predicted octanol–water partition coefficient (Wildman–Crippen LogP) is 5.82. The van der Waals surface area contributed by atoms with Gasteiger partial charge in [-0.25, -0.2) is 18.3 Å². The van der Waals surface area contributed by atoms with Gasteiger partial charge in [0.25, 0.3) is 5.91 Å². The van der Waals surface area contributed by atoms with Crippen LogP contribution in [0, 0.1) is 17.7 Å². The summed E-state index contributed by atoms with van der Waals surface area (Å²) in [7, 11) is 0. The lowest BCUT2D eigenvalue weighted by Crippen LogP contribution is -2.43. The molecule has 0 bridgehead atoms. The van der Waals surface area contributed by atoms with E-state index in [1.54, 1.807) is 5.32 Å². The third-order valence-electron chi connectivity index (χ3n) is 7.29. The van der Waals surface area contributed by atoms with E-state index in [0.29, 0.717) is 41.7 Å². The molecule has 0 radical (unpaired) electrons. The SMILES string of the molecule is CC(C(=O)Nc1ncnn2c(-c3cc(F)c(Cl)c(C(=O)NC4CN(C(=O)C(C)C(F)(F)F)CC4F)c3)cc(C(F)(F)F)c12)C(F)(F)F. The molecule has 1 fully saturated rings. The lowest BCUT2D eigenvalue weighted by atomic mass is 10.1. The van der Waals surface area contributed by atoms with Gasteiger partial charge < -0.3 is 15.5 Å². The van der Waals surface area contributed by atoms with Gasteiger partial charge in [0.05, 0.1) is 34.4 Å². The summed E-state index contributed by atoms with van der Waals surface area (Å²) in [5.41, 5.74) is -4.51. The zero-order valence-electron chi connectivity index (χ0n) is 23.6. The van der Waals surface area contributed by atoms with Gasteiger partial charge >= 0.3 is 18.5 Å². The lowest BCUT2D eigenvalue weighted by molar-refractivity contribution is -0.185. The van der Waals surface area contributed by atoms with E-state index in [2.05, 4.69) is 15.4 Å². The highest BCUT2D eigenvalue weighted by atomic mass is 35.5. The molecule has 4 rings (SSSR count). The first-order valence-corrected chi connectivity index (χ1v) is 13.5. The van der Waals surface area contributed by atoms with Gasteiger partial charge in [0.2, 0.25) is 11.8 Å². The maximum absolute atomic E-state index is 15.0. The first kappa shape index (κ1) is 35.6. The van der Waals surface area contributed by atoms with Crippen molar-refractivity contribution in [3.05, 3.63) is 46.5 Å². The molecule has 256 valence electrons. The lowest BCUT2D eigenvalue weighted by Gasteiger charge is -2.22. The fraction of sp³-hybridized carbons (Fsp3) is 0.423. The van der Waals surface area contributed by atoms with E-state index in [0.717, 1.165) is 6.07 Å². The van der Waals surface area contributed by atoms with Crippen molar-refractivity contribution >= 4 is 40.7 Å². The molecule has 4 unspecified atom stereocenters. The van der Waals surface area contributed by atoms with Gasteiger partial charge in [0.1, 0.15) is 35.7 Å². The third-order valence-corrected chi connectivity index (χ3v) is 7.68. The molecule has 0 aliphatic carbocycles. The van der Waals surface area contributed by atoms with Crippen LogP contribution in [0.15, 0.2) is 24.5 Å².